The molecule has 0 atom stereocenters. The number of ether oxygens (including phenoxy) is 1. The molecule has 0 radical (unpaired) electrons. The van der Waals surface area contributed by atoms with Crippen molar-refractivity contribution < 1.29 is 14.6 Å². The van der Waals surface area contributed by atoms with Gasteiger partial charge in [-0.2, -0.15) is 0 Å². The Morgan fingerprint density at radius 3 is 2.38 bits per heavy atom. The Kier molecular flexibility index (Phi) is 8.15. The van der Waals surface area contributed by atoms with E-state index in [1.807, 2.05) is 26.0 Å². The van der Waals surface area contributed by atoms with Gasteiger partial charge in [-0.1, -0.05) is 28.1 Å². The third-order valence-corrected chi connectivity index (χ3v) is 3.46. The van der Waals surface area contributed by atoms with E-state index < -0.39 is 5.91 Å². The highest BCUT2D eigenvalue weighted by Crippen LogP contribution is 2.19. The maximum absolute atomic E-state index is 10.8. The van der Waals surface area contributed by atoms with Crippen LogP contribution in [-0.4, -0.2) is 23.3 Å². The lowest BCUT2D eigenvalue weighted by Gasteiger charge is -2.07. The second-order valence-electron chi connectivity index (χ2n) is 5.27. The van der Waals surface area contributed by atoms with Crippen molar-refractivity contribution in [2.75, 3.05) is 0 Å². The van der Waals surface area contributed by atoms with Gasteiger partial charge in [0, 0.05) is 21.8 Å². The normalized spacial score (nSPS) is 10.0. The molecule has 0 bridgehead atoms. The number of nitrogens with two attached hydrogens (primary N) is 1. The molecule has 2 aromatic carbocycles. The summed E-state index contributed by atoms with van der Waals surface area (Å²) < 4.78 is 6.28. The molecule has 0 heterocycles. The van der Waals surface area contributed by atoms with E-state index in [0.717, 1.165) is 16.3 Å². The van der Waals surface area contributed by atoms with E-state index in [-0.39, 0.29) is 11.9 Å². The largest absolute Gasteiger partial charge is 0.507 e. The number of hydrogen-bond donors (Lipinski definition) is 3. The Balaban J connectivity index is 0.000000254. The summed E-state index contributed by atoms with van der Waals surface area (Å²) in [6, 6.07) is 12.1. The molecule has 0 aliphatic carbocycles. The SMILES string of the molecule is CC(C)OCc1ccc(C(N)=O)cc1.N=Cc1cc(Br)ccc1O. The number of carbonyl (C=O) groups is 1. The molecule has 2 aromatic rings. The molecule has 2 rings (SSSR count). The van der Waals surface area contributed by atoms with Crippen LogP contribution in [0.15, 0.2) is 46.9 Å². The van der Waals surface area contributed by atoms with E-state index in [4.69, 9.17) is 21.0 Å². The van der Waals surface area contributed by atoms with Gasteiger partial charge in [0.15, 0.2) is 0 Å². The number of phenols is 1. The topological polar surface area (TPSA) is 96.4 Å². The molecule has 0 aliphatic heterocycles. The summed E-state index contributed by atoms with van der Waals surface area (Å²) in [6.45, 7) is 4.53. The van der Waals surface area contributed by atoms with Crippen LogP contribution in [0.4, 0.5) is 0 Å². The molecule has 0 spiro atoms. The monoisotopic (exact) mass is 392 g/mol. The van der Waals surface area contributed by atoms with Crippen molar-refractivity contribution in [3.8, 4) is 5.75 Å². The Morgan fingerprint density at radius 2 is 1.92 bits per heavy atom. The molecule has 0 saturated carbocycles. The molecule has 6 heteroatoms. The summed E-state index contributed by atoms with van der Waals surface area (Å²) >= 11 is 3.22. The average molecular weight is 393 g/mol. The molecule has 24 heavy (non-hydrogen) atoms. The molecule has 0 saturated heterocycles. The predicted molar refractivity (Wildman–Crippen MR) is 98.6 cm³/mol. The summed E-state index contributed by atoms with van der Waals surface area (Å²) in [7, 11) is 0. The minimum absolute atomic E-state index is 0.137. The van der Waals surface area contributed by atoms with Gasteiger partial charge in [0.25, 0.3) is 0 Å². The Hall–Kier alpha value is -2.18. The quantitative estimate of drug-likeness (QED) is 0.673. The maximum Gasteiger partial charge on any atom is 0.248 e. The van der Waals surface area contributed by atoms with Gasteiger partial charge in [0.05, 0.1) is 12.7 Å². The molecular weight excluding hydrogens is 372 g/mol. The molecule has 0 aliphatic rings. The van der Waals surface area contributed by atoms with E-state index in [9.17, 15) is 4.79 Å². The van der Waals surface area contributed by atoms with E-state index >= 15 is 0 Å². The predicted octanol–water partition coefficient (Wildman–Crippen LogP) is 3.86. The van der Waals surface area contributed by atoms with Crippen LogP contribution in [0.25, 0.3) is 0 Å². The number of hydrogen-bond acceptors (Lipinski definition) is 4. The minimum Gasteiger partial charge on any atom is -0.507 e. The fraction of sp³-hybridized carbons (Fsp3) is 0.222. The molecule has 0 fully saturated rings. The second kappa shape index (κ2) is 9.85. The number of halogens is 1. The van der Waals surface area contributed by atoms with Gasteiger partial charge in [-0.3, -0.25) is 4.79 Å². The lowest BCUT2D eigenvalue weighted by atomic mass is 10.1. The first-order valence-electron chi connectivity index (χ1n) is 7.32. The Bertz CT molecular complexity index is 685. The number of amides is 1. The molecule has 1 amide bonds. The van der Waals surface area contributed by atoms with Gasteiger partial charge in [0.1, 0.15) is 5.75 Å². The minimum atomic E-state index is -0.402. The number of carbonyl (C=O) groups excluding carboxylic acids is 1. The highest BCUT2D eigenvalue weighted by Gasteiger charge is 2.00. The zero-order chi connectivity index (χ0) is 18.1. The lowest BCUT2D eigenvalue weighted by Crippen LogP contribution is -2.10. The average Bonchev–Trinajstić information content (AvgIpc) is 2.56. The number of phenolic OH excluding ortho intramolecular Hbond substituents is 1. The third kappa shape index (κ3) is 6.93. The highest BCUT2D eigenvalue weighted by molar-refractivity contribution is 9.10. The van der Waals surface area contributed by atoms with E-state index in [2.05, 4.69) is 15.9 Å². The third-order valence-electron chi connectivity index (χ3n) is 2.97. The van der Waals surface area contributed by atoms with Crippen molar-refractivity contribution in [1.29, 1.82) is 5.41 Å². The summed E-state index contributed by atoms with van der Waals surface area (Å²) in [5.74, 6) is -0.264. The van der Waals surface area contributed by atoms with Crippen LogP contribution in [0.5, 0.6) is 5.75 Å². The smallest absolute Gasteiger partial charge is 0.248 e. The van der Waals surface area contributed by atoms with E-state index in [0.29, 0.717) is 17.7 Å². The summed E-state index contributed by atoms with van der Waals surface area (Å²) in [4.78, 5) is 10.8. The zero-order valence-electron chi connectivity index (χ0n) is 13.6. The van der Waals surface area contributed by atoms with E-state index in [1.54, 1.807) is 30.3 Å². The standard InChI is InChI=1S/C11H15NO2.C7H6BrNO/c1-8(2)14-7-9-3-5-10(6-4-9)11(12)13;8-6-1-2-7(10)5(3-6)4-9/h3-6,8H,7H2,1-2H3,(H2,12,13);1-4,9-10H. The van der Waals surface area contributed by atoms with Crippen LogP contribution < -0.4 is 5.73 Å². The van der Waals surface area contributed by atoms with Crippen molar-refractivity contribution in [1.82, 2.24) is 0 Å². The van der Waals surface area contributed by atoms with Crippen LogP contribution in [0, 0.1) is 5.41 Å². The molecule has 5 nitrogen and oxygen atoms in total. The first-order valence-corrected chi connectivity index (χ1v) is 8.12. The summed E-state index contributed by atoms with van der Waals surface area (Å²) in [5, 5.41) is 15.9. The highest BCUT2D eigenvalue weighted by atomic mass is 79.9. The molecule has 0 unspecified atom stereocenters. The van der Waals surface area contributed by atoms with Crippen LogP contribution >= 0.6 is 15.9 Å². The van der Waals surface area contributed by atoms with Gasteiger partial charge in [0.2, 0.25) is 5.91 Å². The zero-order valence-corrected chi connectivity index (χ0v) is 15.2. The maximum atomic E-state index is 10.8. The molecular formula is C18H21BrN2O3. The molecule has 0 aromatic heterocycles. The van der Waals surface area contributed by atoms with Crippen LogP contribution in [0.2, 0.25) is 0 Å². The van der Waals surface area contributed by atoms with Crippen LogP contribution in [0.1, 0.15) is 35.3 Å². The molecule has 128 valence electrons. The van der Waals surface area contributed by atoms with Gasteiger partial charge >= 0.3 is 0 Å². The van der Waals surface area contributed by atoms with Gasteiger partial charge in [-0.15, -0.1) is 0 Å². The van der Waals surface area contributed by atoms with E-state index in [1.165, 1.54) is 0 Å². The fourth-order valence-corrected chi connectivity index (χ4v) is 2.05. The van der Waals surface area contributed by atoms with Gasteiger partial charge in [-0.25, -0.2) is 0 Å². The number of benzene rings is 2. The van der Waals surface area contributed by atoms with Crippen molar-refractivity contribution >= 4 is 28.1 Å². The summed E-state index contributed by atoms with van der Waals surface area (Å²) in [5.41, 5.74) is 7.21. The number of primary amides is 1. The van der Waals surface area contributed by atoms with Crippen LogP contribution in [0.3, 0.4) is 0 Å². The number of aromatic hydroxyl groups is 1. The van der Waals surface area contributed by atoms with Crippen molar-refractivity contribution in [3.63, 3.8) is 0 Å². The van der Waals surface area contributed by atoms with Crippen molar-refractivity contribution in [2.24, 2.45) is 5.73 Å². The first kappa shape index (κ1) is 19.9. The van der Waals surface area contributed by atoms with Crippen molar-refractivity contribution in [3.05, 3.63) is 63.6 Å². The van der Waals surface area contributed by atoms with Crippen molar-refractivity contribution in [2.45, 2.75) is 26.6 Å². The van der Waals surface area contributed by atoms with Gasteiger partial charge < -0.3 is 21.0 Å². The Labute approximate surface area is 150 Å². The van der Waals surface area contributed by atoms with Crippen LogP contribution in [-0.2, 0) is 11.3 Å². The fourth-order valence-electron chi connectivity index (χ4n) is 1.67. The first-order chi connectivity index (χ1) is 11.3. The lowest BCUT2D eigenvalue weighted by molar-refractivity contribution is 0.0657. The summed E-state index contributed by atoms with van der Waals surface area (Å²) in [6.07, 6.45) is 1.32. The van der Waals surface area contributed by atoms with Gasteiger partial charge in [-0.05, 0) is 49.7 Å². The molecule has 4 N–H and O–H groups in total. The Morgan fingerprint density at radius 1 is 1.29 bits per heavy atom. The second-order valence-corrected chi connectivity index (χ2v) is 6.18. The number of nitrogens with one attached hydrogen (secondary N) is 1. The number of rotatable bonds is 5.